The van der Waals surface area contributed by atoms with E-state index in [1.54, 1.807) is 30.3 Å². The van der Waals surface area contributed by atoms with Crippen molar-refractivity contribution in [3.05, 3.63) is 84.2 Å². The van der Waals surface area contributed by atoms with Crippen LogP contribution in [0.5, 0.6) is 5.75 Å². The van der Waals surface area contributed by atoms with Crippen molar-refractivity contribution in [2.45, 2.75) is 19.6 Å². The fraction of sp³-hybridized carbons (Fsp3) is 0.143. The van der Waals surface area contributed by atoms with Gasteiger partial charge in [-0.25, -0.2) is 14.8 Å². The summed E-state index contributed by atoms with van der Waals surface area (Å²) in [7, 11) is 0. The average molecular weight is 377 g/mol. The van der Waals surface area contributed by atoms with Gasteiger partial charge in [-0.1, -0.05) is 36.4 Å². The molecule has 0 radical (unpaired) electrons. The molecule has 1 unspecified atom stereocenters. The molecule has 1 heterocycles. The van der Waals surface area contributed by atoms with Crippen LogP contribution in [0.3, 0.4) is 0 Å². The van der Waals surface area contributed by atoms with Gasteiger partial charge >= 0.3 is 5.97 Å². The van der Waals surface area contributed by atoms with E-state index in [1.807, 2.05) is 30.3 Å². The average Bonchev–Trinajstić information content (AvgIpc) is 2.74. The third-order valence-corrected chi connectivity index (χ3v) is 3.77. The number of hydrogen-bond acceptors (Lipinski definition) is 6. The quantitative estimate of drug-likeness (QED) is 0.636. The molecule has 1 atom stereocenters. The third kappa shape index (κ3) is 5.38. The highest BCUT2D eigenvalue weighted by molar-refractivity contribution is 5.96. The molecule has 7 heteroatoms. The lowest BCUT2D eigenvalue weighted by Gasteiger charge is -2.13. The number of anilines is 1. The van der Waals surface area contributed by atoms with Crippen LogP contribution in [0.4, 0.5) is 5.95 Å². The van der Waals surface area contributed by atoms with E-state index in [1.165, 1.54) is 19.3 Å². The Morgan fingerprint density at radius 3 is 2.50 bits per heavy atom. The van der Waals surface area contributed by atoms with E-state index in [9.17, 15) is 9.59 Å². The van der Waals surface area contributed by atoms with Crippen molar-refractivity contribution in [2.24, 2.45) is 0 Å². The predicted octanol–water partition coefficient (Wildman–Crippen LogP) is 3.24. The SMILES string of the molecule is CC(OC(=O)c1cccc(OCc2ccccc2)c1)C(=O)Nc1ncccn1. The Hall–Kier alpha value is -3.74. The summed E-state index contributed by atoms with van der Waals surface area (Å²) in [4.78, 5) is 32.3. The fourth-order valence-corrected chi connectivity index (χ4v) is 2.31. The van der Waals surface area contributed by atoms with Crippen molar-refractivity contribution >= 4 is 17.8 Å². The summed E-state index contributed by atoms with van der Waals surface area (Å²) in [6, 6.07) is 18.0. The van der Waals surface area contributed by atoms with Gasteiger partial charge in [0.2, 0.25) is 5.95 Å². The number of hydrogen-bond donors (Lipinski definition) is 1. The highest BCUT2D eigenvalue weighted by atomic mass is 16.5. The summed E-state index contributed by atoms with van der Waals surface area (Å²) in [6.07, 6.45) is 1.99. The zero-order chi connectivity index (χ0) is 19.8. The van der Waals surface area contributed by atoms with Crippen LogP contribution in [-0.4, -0.2) is 27.9 Å². The van der Waals surface area contributed by atoms with Crippen LogP contribution < -0.4 is 10.1 Å². The minimum atomic E-state index is -1.01. The summed E-state index contributed by atoms with van der Waals surface area (Å²) in [5.74, 6) is -0.461. The second kappa shape index (κ2) is 9.27. The maximum atomic E-state index is 12.3. The number of ether oxygens (including phenoxy) is 2. The maximum absolute atomic E-state index is 12.3. The van der Waals surface area contributed by atoms with Gasteiger partial charge in [0.1, 0.15) is 12.4 Å². The van der Waals surface area contributed by atoms with E-state index in [0.717, 1.165) is 5.56 Å². The molecule has 142 valence electrons. The summed E-state index contributed by atoms with van der Waals surface area (Å²) < 4.78 is 10.9. The van der Waals surface area contributed by atoms with Crippen molar-refractivity contribution in [3.63, 3.8) is 0 Å². The molecule has 0 fully saturated rings. The normalized spacial score (nSPS) is 11.3. The molecule has 0 aliphatic carbocycles. The second-order valence-corrected chi connectivity index (χ2v) is 5.91. The molecule has 0 saturated carbocycles. The molecule has 28 heavy (non-hydrogen) atoms. The van der Waals surface area contributed by atoms with Crippen LogP contribution in [0.1, 0.15) is 22.8 Å². The van der Waals surface area contributed by atoms with Crippen LogP contribution in [0.15, 0.2) is 73.1 Å². The van der Waals surface area contributed by atoms with Crippen molar-refractivity contribution in [3.8, 4) is 5.75 Å². The van der Waals surface area contributed by atoms with Gasteiger partial charge in [-0.05, 0) is 36.8 Å². The Morgan fingerprint density at radius 2 is 1.75 bits per heavy atom. The Morgan fingerprint density at radius 1 is 1.00 bits per heavy atom. The largest absolute Gasteiger partial charge is 0.489 e. The number of carbonyl (C=O) groups excluding carboxylic acids is 2. The summed E-state index contributed by atoms with van der Waals surface area (Å²) in [5.41, 5.74) is 1.31. The highest BCUT2D eigenvalue weighted by Gasteiger charge is 2.20. The fourth-order valence-electron chi connectivity index (χ4n) is 2.31. The van der Waals surface area contributed by atoms with Gasteiger partial charge < -0.3 is 9.47 Å². The lowest BCUT2D eigenvalue weighted by Crippen LogP contribution is -2.30. The van der Waals surface area contributed by atoms with Crippen molar-refractivity contribution in [1.82, 2.24) is 9.97 Å². The summed E-state index contributed by atoms with van der Waals surface area (Å²) in [5, 5.41) is 2.49. The van der Waals surface area contributed by atoms with E-state index in [4.69, 9.17) is 9.47 Å². The molecule has 0 bridgehead atoms. The number of rotatable bonds is 7. The first-order valence-corrected chi connectivity index (χ1v) is 8.67. The molecule has 1 N–H and O–H groups in total. The lowest BCUT2D eigenvalue weighted by molar-refractivity contribution is -0.123. The Labute approximate surface area is 162 Å². The van der Waals surface area contributed by atoms with Crippen LogP contribution in [0.25, 0.3) is 0 Å². The monoisotopic (exact) mass is 377 g/mol. The Balaban J connectivity index is 1.57. The predicted molar refractivity (Wildman–Crippen MR) is 103 cm³/mol. The molecule has 2 aromatic carbocycles. The first kappa shape index (κ1) is 19.0. The van der Waals surface area contributed by atoms with E-state index in [0.29, 0.717) is 17.9 Å². The van der Waals surface area contributed by atoms with E-state index >= 15 is 0 Å². The van der Waals surface area contributed by atoms with Gasteiger partial charge in [0.05, 0.1) is 5.56 Å². The second-order valence-electron chi connectivity index (χ2n) is 5.91. The lowest BCUT2D eigenvalue weighted by atomic mass is 10.2. The van der Waals surface area contributed by atoms with Crippen LogP contribution >= 0.6 is 0 Å². The molecule has 0 spiro atoms. The van der Waals surface area contributed by atoms with Gasteiger partial charge in [0.15, 0.2) is 6.10 Å². The van der Waals surface area contributed by atoms with Crippen LogP contribution in [0, 0.1) is 0 Å². The molecule has 7 nitrogen and oxygen atoms in total. The van der Waals surface area contributed by atoms with Crippen molar-refractivity contribution in [2.75, 3.05) is 5.32 Å². The van der Waals surface area contributed by atoms with E-state index < -0.39 is 18.0 Å². The smallest absolute Gasteiger partial charge is 0.339 e. The first-order chi connectivity index (χ1) is 13.6. The van der Waals surface area contributed by atoms with Gasteiger partial charge in [0.25, 0.3) is 5.91 Å². The number of carbonyl (C=O) groups is 2. The Kier molecular flexibility index (Phi) is 6.30. The topological polar surface area (TPSA) is 90.4 Å². The third-order valence-electron chi connectivity index (χ3n) is 3.77. The van der Waals surface area contributed by atoms with E-state index in [-0.39, 0.29) is 5.95 Å². The van der Waals surface area contributed by atoms with Gasteiger partial charge in [0, 0.05) is 12.4 Å². The molecule has 0 saturated heterocycles. The molecular weight excluding hydrogens is 358 g/mol. The molecule has 3 rings (SSSR count). The number of amides is 1. The minimum Gasteiger partial charge on any atom is -0.489 e. The molecule has 0 aliphatic heterocycles. The summed E-state index contributed by atoms with van der Waals surface area (Å²) >= 11 is 0. The van der Waals surface area contributed by atoms with Crippen molar-refractivity contribution in [1.29, 1.82) is 0 Å². The summed E-state index contributed by atoms with van der Waals surface area (Å²) in [6.45, 7) is 1.86. The Bertz CT molecular complexity index is 933. The zero-order valence-corrected chi connectivity index (χ0v) is 15.2. The van der Waals surface area contributed by atoms with Gasteiger partial charge in [-0.2, -0.15) is 0 Å². The molecule has 0 aliphatic rings. The number of aromatic nitrogens is 2. The standard InChI is InChI=1S/C21H19N3O4/c1-15(19(25)24-21-22-11-6-12-23-21)28-20(26)17-9-5-10-18(13-17)27-14-16-7-3-2-4-8-16/h2-13,15H,14H2,1H3,(H,22,23,24,25). The number of esters is 1. The first-order valence-electron chi connectivity index (χ1n) is 8.67. The molecule has 1 aromatic heterocycles. The molecule has 3 aromatic rings. The number of nitrogens with zero attached hydrogens (tertiary/aromatic N) is 2. The molecular formula is C21H19N3O4. The van der Waals surface area contributed by atoms with Gasteiger partial charge in [-0.3, -0.25) is 10.1 Å². The maximum Gasteiger partial charge on any atom is 0.339 e. The number of nitrogens with one attached hydrogen (secondary N) is 1. The van der Waals surface area contributed by atoms with Crippen LogP contribution in [0.2, 0.25) is 0 Å². The van der Waals surface area contributed by atoms with Crippen molar-refractivity contribution < 1.29 is 19.1 Å². The van der Waals surface area contributed by atoms with E-state index in [2.05, 4.69) is 15.3 Å². The van der Waals surface area contributed by atoms with Crippen LogP contribution in [-0.2, 0) is 16.1 Å². The number of benzene rings is 2. The molecule has 1 amide bonds. The minimum absolute atomic E-state index is 0.145. The highest BCUT2D eigenvalue weighted by Crippen LogP contribution is 2.16. The zero-order valence-electron chi connectivity index (χ0n) is 15.2. The van der Waals surface area contributed by atoms with Gasteiger partial charge in [-0.15, -0.1) is 0 Å².